The van der Waals surface area contributed by atoms with Crippen molar-refractivity contribution in [2.24, 2.45) is 0 Å². The Kier molecular flexibility index (Phi) is 6.57. The van der Waals surface area contributed by atoms with E-state index < -0.39 is 0 Å². The van der Waals surface area contributed by atoms with Gasteiger partial charge in [0.1, 0.15) is 0 Å². The van der Waals surface area contributed by atoms with Gasteiger partial charge in [0, 0.05) is 31.7 Å². The molecule has 2 saturated heterocycles. The van der Waals surface area contributed by atoms with Crippen molar-refractivity contribution >= 4 is 0 Å². The fourth-order valence-electron chi connectivity index (χ4n) is 3.24. The highest BCUT2D eigenvalue weighted by atomic mass is 16.5. The molecule has 2 heterocycles. The summed E-state index contributed by atoms with van der Waals surface area (Å²) in [5.74, 6) is 0. The summed E-state index contributed by atoms with van der Waals surface area (Å²) in [4.78, 5) is 5.05. The molecule has 1 N–H and O–H groups in total. The van der Waals surface area contributed by atoms with E-state index in [4.69, 9.17) is 4.74 Å². The Morgan fingerprint density at radius 3 is 2.74 bits per heavy atom. The molecule has 112 valence electrons. The van der Waals surface area contributed by atoms with Crippen LogP contribution in [0.2, 0.25) is 0 Å². The van der Waals surface area contributed by atoms with Gasteiger partial charge in [0.2, 0.25) is 0 Å². The molecule has 2 aliphatic heterocycles. The molecule has 0 aromatic carbocycles. The van der Waals surface area contributed by atoms with Gasteiger partial charge in [-0.05, 0) is 46.3 Å². The zero-order valence-corrected chi connectivity index (χ0v) is 12.7. The summed E-state index contributed by atoms with van der Waals surface area (Å²) in [5.41, 5.74) is 0. The summed E-state index contributed by atoms with van der Waals surface area (Å²) in [6.07, 6.45) is 5.48. The molecular weight excluding hydrogens is 238 g/mol. The number of nitrogens with zero attached hydrogens (tertiary/aromatic N) is 2. The van der Waals surface area contributed by atoms with Crippen molar-refractivity contribution in [1.29, 1.82) is 0 Å². The lowest BCUT2D eigenvalue weighted by molar-refractivity contribution is 0.0343. The zero-order valence-electron chi connectivity index (χ0n) is 12.7. The molecule has 19 heavy (non-hydrogen) atoms. The van der Waals surface area contributed by atoms with Crippen LogP contribution in [0, 0.1) is 0 Å². The second kappa shape index (κ2) is 8.20. The largest absolute Gasteiger partial charge is 0.379 e. The van der Waals surface area contributed by atoms with Crippen LogP contribution >= 0.6 is 0 Å². The topological polar surface area (TPSA) is 27.7 Å². The molecule has 2 aliphatic rings. The maximum absolute atomic E-state index is 5.39. The van der Waals surface area contributed by atoms with E-state index in [2.05, 4.69) is 29.1 Å². The van der Waals surface area contributed by atoms with Gasteiger partial charge in [-0.1, -0.05) is 6.42 Å². The molecule has 0 aromatic rings. The van der Waals surface area contributed by atoms with Gasteiger partial charge in [-0.3, -0.25) is 4.90 Å². The monoisotopic (exact) mass is 269 g/mol. The van der Waals surface area contributed by atoms with Gasteiger partial charge in [-0.15, -0.1) is 0 Å². The lowest BCUT2D eigenvalue weighted by Crippen LogP contribution is -2.45. The van der Waals surface area contributed by atoms with Gasteiger partial charge in [-0.2, -0.15) is 0 Å². The Bertz CT molecular complexity index is 244. The number of hydrogen-bond donors (Lipinski definition) is 1. The first-order chi connectivity index (χ1) is 9.25. The van der Waals surface area contributed by atoms with Crippen LogP contribution in [0.25, 0.3) is 0 Å². The van der Waals surface area contributed by atoms with Crippen LogP contribution in [0.4, 0.5) is 0 Å². The standard InChI is InChI=1S/C15H31N3O/c1-14(13-18-9-11-19-12-10-18)16-7-6-15-5-3-4-8-17(15)2/h14-16H,3-13H2,1-2H3. The molecule has 0 saturated carbocycles. The van der Waals surface area contributed by atoms with Crippen LogP contribution in [-0.4, -0.2) is 74.9 Å². The molecule has 0 aliphatic carbocycles. The first kappa shape index (κ1) is 15.2. The van der Waals surface area contributed by atoms with Gasteiger partial charge in [0.25, 0.3) is 0 Å². The van der Waals surface area contributed by atoms with Gasteiger partial charge < -0.3 is 15.0 Å². The molecule has 0 aromatic heterocycles. The minimum Gasteiger partial charge on any atom is -0.379 e. The number of nitrogens with one attached hydrogen (secondary N) is 1. The summed E-state index contributed by atoms with van der Waals surface area (Å²) in [6, 6.07) is 1.39. The molecule has 2 unspecified atom stereocenters. The SMILES string of the molecule is CC(CN1CCOCC1)NCCC1CCCCN1C. The van der Waals surface area contributed by atoms with Crippen LogP contribution in [0.3, 0.4) is 0 Å². The van der Waals surface area contributed by atoms with E-state index in [9.17, 15) is 0 Å². The van der Waals surface area contributed by atoms with E-state index in [1.807, 2.05) is 0 Å². The number of morpholine rings is 1. The van der Waals surface area contributed by atoms with Crippen LogP contribution in [0.1, 0.15) is 32.6 Å². The molecule has 0 bridgehead atoms. The van der Waals surface area contributed by atoms with Gasteiger partial charge in [0.05, 0.1) is 13.2 Å². The number of likely N-dealkylation sites (tertiary alicyclic amines) is 1. The first-order valence-corrected chi connectivity index (χ1v) is 7.99. The third-order valence-corrected chi connectivity index (χ3v) is 4.53. The molecule has 4 nitrogen and oxygen atoms in total. The van der Waals surface area contributed by atoms with Crippen molar-refractivity contribution in [2.75, 3.05) is 53.0 Å². The van der Waals surface area contributed by atoms with Crippen molar-refractivity contribution in [3.63, 3.8) is 0 Å². The molecule has 0 radical (unpaired) electrons. The second-order valence-corrected chi connectivity index (χ2v) is 6.19. The van der Waals surface area contributed by atoms with Crippen molar-refractivity contribution in [3.8, 4) is 0 Å². The summed E-state index contributed by atoms with van der Waals surface area (Å²) in [6.45, 7) is 9.90. The van der Waals surface area contributed by atoms with Crippen LogP contribution in [0.5, 0.6) is 0 Å². The van der Waals surface area contributed by atoms with E-state index in [1.54, 1.807) is 0 Å². The number of rotatable bonds is 6. The summed E-state index contributed by atoms with van der Waals surface area (Å²) < 4.78 is 5.39. The van der Waals surface area contributed by atoms with Crippen molar-refractivity contribution in [1.82, 2.24) is 15.1 Å². The third-order valence-electron chi connectivity index (χ3n) is 4.53. The van der Waals surface area contributed by atoms with Crippen LogP contribution in [-0.2, 0) is 4.74 Å². The van der Waals surface area contributed by atoms with E-state index >= 15 is 0 Å². The van der Waals surface area contributed by atoms with E-state index in [0.29, 0.717) is 6.04 Å². The minimum atomic E-state index is 0.590. The maximum atomic E-state index is 5.39. The normalized spacial score (nSPS) is 28.4. The Morgan fingerprint density at radius 2 is 2.00 bits per heavy atom. The second-order valence-electron chi connectivity index (χ2n) is 6.19. The Labute approximate surface area is 118 Å². The Hall–Kier alpha value is -0.160. The highest BCUT2D eigenvalue weighted by Gasteiger charge is 2.19. The smallest absolute Gasteiger partial charge is 0.0594 e. The highest BCUT2D eigenvalue weighted by molar-refractivity contribution is 4.76. The third kappa shape index (κ3) is 5.38. The number of ether oxygens (including phenoxy) is 1. The summed E-state index contributed by atoms with van der Waals surface area (Å²) >= 11 is 0. The summed E-state index contributed by atoms with van der Waals surface area (Å²) in [5, 5.41) is 3.69. The number of piperidine rings is 1. The van der Waals surface area contributed by atoms with Gasteiger partial charge in [0.15, 0.2) is 0 Å². The lowest BCUT2D eigenvalue weighted by Gasteiger charge is -2.33. The minimum absolute atomic E-state index is 0.590. The van der Waals surface area contributed by atoms with Gasteiger partial charge in [-0.25, -0.2) is 0 Å². The van der Waals surface area contributed by atoms with E-state index in [0.717, 1.165) is 45.4 Å². The average Bonchev–Trinajstić information content (AvgIpc) is 2.42. The lowest BCUT2D eigenvalue weighted by atomic mass is 10.00. The van der Waals surface area contributed by atoms with E-state index in [1.165, 1.54) is 32.2 Å². The Morgan fingerprint density at radius 1 is 1.21 bits per heavy atom. The molecule has 4 heteroatoms. The maximum Gasteiger partial charge on any atom is 0.0594 e. The van der Waals surface area contributed by atoms with Crippen molar-refractivity contribution < 1.29 is 4.74 Å². The Balaban J connectivity index is 1.56. The van der Waals surface area contributed by atoms with Gasteiger partial charge >= 0.3 is 0 Å². The molecular formula is C15H31N3O. The van der Waals surface area contributed by atoms with Crippen molar-refractivity contribution in [2.45, 2.75) is 44.7 Å². The number of hydrogen-bond acceptors (Lipinski definition) is 4. The highest BCUT2D eigenvalue weighted by Crippen LogP contribution is 2.17. The zero-order chi connectivity index (χ0) is 13.5. The summed E-state index contributed by atoms with van der Waals surface area (Å²) in [7, 11) is 2.28. The predicted octanol–water partition coefficient (Wildman–Crippen LogP) is 1.17. The molecule has 2 rings (SSSR count). The van der Waals surface area contributed by atoms with Crippen LogP contribution < -0.4 is 5.32 Å². The predicted molar refractivity (Wildman–Crippen MR) is 79.6 cm³/mol. The average molecular weight is 269 g/mol. The molecule has 2 fully saturated rings. The van der Waals surface area contributed by atoms with Crippen LogP contribution in [0.15, 0.2) is 0 Å². The first-order valence-electron chi connectivity index (χ1n) is 7.99. The quantitative estimate of drug-likeness (QED) is 0.783. The molecule has 0 amide bonds. The molecule has 0 spiro atoms. The fraction of sp³-hybridized carbons (Fsp3) is 1.00. The van der Waals surface area contributed by atoms with Crippen molar-refractivity contribution in [3.05, 3.63) is 0 Å². The molecule has 2 atom stereocenters. The fourth-order valence-corrected chi connectivity index (χ4v) is 3.24. The van der Waals surface area contributed by atoms with E-state index in [-0.39, 0.29) is 0 Å².